The van der Waals surface area contributed by atoms with Gasteiger partial charge in [-0.25, -0.2) is 0 Å². The first kappa shape index (κ1) is 3.71. The normalized spacial score (nSPS) is 46.6. The molecule has 0 aromatic heterocycles. The highest BCUT2D eigenvalue weighted by molar-refractivity contribution is 5.13. The van der Waals surface area contributed by atoms with Crippen LogP contribution in [0.3, 0.4) is 0 Å². The third kappa shape index (κ3) is 0.425. The second-order valence-corrected chi connectivity index (χ2v) is 2.91. The predicted molar refractivity (Wildman–Crippen MR) is 30.0 cm³/mol. The van der Waals surface area contributed by atoms with Gasteiger partial charge in [-0.1, -0.05) is 12.2 Å². The van der Waals surface area contributed by atoms with E-state index in [0.29, 0.717) is 0 Å². The van der Waals surface area contributed by atoms with Crippen LogP contribution < -0.4 is 0 Å². The summed E-state index contributed by atoms with van der Waals surface area (Å²) in [5, 5.41) is 0. The van der Waals surface area contributed by atoms with Crippen LogP contribution in [0.4, 0.5) is 0 Å². The van der Waals surface area contributed by atoms with Crippen LogP contribution in [0.5, 0.6) is 0 Å². The minimum atomic E-state index is 1.09. The second-order valence-electron chi connectivity index (χ2n) is 2.91. The number of rotatable bonds is 0. The molecular weight excluding hydrogens is 84.1 g/mol. The number of hydrogen-bond acceptors (Lipinski definition) is 0. The van der Waals surface area contributed by atoms with Gasteiger partial charge in [0, 0.05) is 0 Å². The lowest BCUT2D eigenvalue weighted by Crippen LogP contribution is -1.71. The van der Waals surface area contributed by atoms with Gasteiger partial charge in [0.15, 0.2) is 0 Å². The van der Waals surface area contributed by atoms with E-state index in [-0.39, 0.29) is 0 Å². The van der Waals surface area contributed by atoms with Crippen LogP contribution in [0.25, 0.3) is 0 Å². The largest absolute Gasteiger partial charge is 0.0998 e. The van der Waals surface area contributed by atoms with Crippen molar-refractivity contribution >= 4 is 0 Å². The van der Waals surface area contributed by atoms with Crippen LogP contribution in [0.1, 0.15) is 19.3 Å². The highest BCUT2D eigenvalue weighted by Crippen LogP contribution is 2.53. The average Bonchev–Trinajstić information content (AvgIpc) is 2.15. The lowest BCUT2D eigenvalue weighted by molar-refractivity contribution is 0.834. The van der Waals surface area contributed by atoms with Gasteiger partial charge in [-0.3, -0.25) is 0 Å². The molecule has 0 aromatic carbocycles. The molecule has 2 fully saturated rings. The van der Waals surface area contributed by atoms with Gasteiger partial charge < -0.3 is 0 Å². The Balaban J connectivity index is 2.14. The Kier molecular flexibility index (Phi) is 0.495. The van der Waals surface area contributed by atoms with E-state index in [2.05, 4.69) is 6.58 Å². The molecule has 2 atom stereocenters. The Morgan fingerprint density at radius 2 is 1.86 bits per heavy atom. The Bertz CT molecular complexity index is 101. The minimum Gasteiger partial charge on any atom is -0.0998 e. The summed E-state index contributed by atoms with van der Waals surface area (Å²) in [6.45, 7) is 3.93. The predicted octanol–water partition coefficient (Wildman–Crippen LogP) is 1.97. The van der Waals surface area contributed by atoms with E-state index >= 15 is 0 Å². The molecule has 0 radical (unpaired) electrons. The maximum absolute atomic E-state index is 3.93. The van der Waals surface area contributed by atoms with E-state index in [9.17, 15) is 0 Å². The quantitative estimate of drug-likeness (QED) is 0.402. The fourth-order valence-corrected chi connectivity index (χ4v) is 1.64. The molecule has 0 saturated heterocycles. The molecular formula is C7H10. The van der Waals surface area contributed by atoms with E-state index < -0.39 is 0 Å². The van der Waals surface area contributed by atoms with Crippen LogP contribution in [0, 0.1) is 11.8 Å². The third-order valence-corrected chi connectivity index (χ3v) is 2.17. The molecule has 2 rings (SSSR count). The van der Waals surface area contributed by atoms with Gasteiger partial charge >= 0.3 is 0 Å². The van der Waals surface area contributed by atoms with E-state index in [0.717, 1.165) is 11.8 Å². The molecule has 38 valence electrons. The highest BCUT2D eigenvalue weighted by atomic mass is 14.5. The number of allylic oxidation sites excluding steroid dienone is 1. The van der Waals surface area contributed by atoms with E-state index in [1.54, 1.807) is 0 Å². The molecule has 0 spiro atoms. The van der Waals surface area contributed by atoms with Gasteiger partial charge in [-0.05, 0) is 31.1 Å². The van der Waals surface area contributed by atoms with Crippen LogP contribution in [-0.2, 0) is 0 Å². The van der Waals surface area contributed by atoms with E-state index in [4.69, 9.17) is 0 Å². The molecule has 0 N–H and O–H groups in total. The van der Waals surface area contributed by atoms with Crippen molar-refractivity contribution in [2.24, 2.45) is 11.8 Å². The van der Waals surface area contributed by atoms with Crippen molar-refractivity contribution in [1.82, 2.24) is 0 Å². The lowest BCUT2D eigenvalue weighted by Gasteiger charge is -1.89. The molecule has 0 heterocycles. The lowest BCUT2D eigenvalue weighted by atomic mass is 10.2. The Hall–Kier alpha value is -0.260. The van der Waals surface area contributed by atoms with Gasteiger partial charge in [0.2, 0.25) is 0 Å². The second kappa shape index (κ2) is 0.936. The first-order valence-electron chi connectivity index (χ1n) is 3.03. The summed E-state index contributed by atoms with van der Waals surface area (Å²) < 4.78 is 0. The van der Waals surface area contributed by atoms with Gasteiger partial charge in [0.05, 0.1) is 0 Å². The summed E-state index contributed by atoms with van der Waals surface area (Å²) in [5.41, 5.74) is 1.50. The van der Waals surface area contributed by atoms with Crippen LogP contribution in [-0.4, -0.2) is 0 Å². The summed E-state index contributed by atoms with van der Waals surface area (Å²) in [4.78, 5) is 0. The Morgan fingerprint density at radius 3 is 2.14 bits per heavy atom. The standard InChI is InChI=1S/C7H10/c1-5-2-6-4-7(6)3-5/h6-7H,1-4H2/t6-,7?/m1/s1. The molecule has 7 heavy (non-hydrogen) atoms. The van der Waals surface area contributed by atoms with Crippen molar-refractivity contribution in [1.29, 1.82) is 0 Å². The zero-order chi connectivity index (χ0) is 4.85. The highest BCUT2D eigenvalue weighted by Gasteiger charge is 2.42. The number of hydrogen-bond donors (Lipinski definition) is 0. The molecule has 0 bridgehead atoms. The first-order valence-corrected chi connectivity index (χ1v) is 3.03. The summed E-state index contributed by atoms with van der Waals surface area (Å²) in [7, 11) is 0. The molecule has 0 amide bonds. The van der Waals surface area contributed by atoms with Crippen LogP contribution in [0.2, 0.25) is 0 Å². The smallest absolute Gasteiger partial charge is 0.0292 e. The van der Waals surface area contributed by atoms with Gasteiger partial charge in [0.1, 0.15) is 0 Å². The van der Waals surface area contributed by atoms with Crippen molar-refractivity contribution in [2.75, 3.05) is 0 Å². The molecule has 2 aliphatic rings. The molecule has 0 aromatic rings. The van der Waals surface area contributed by atoms with Crippen molar-refractivity contribution in [3.63, 3.8) is 0 Å². The summed E-state index contributed by atoms with van der Waals surface area (Å²) in [5.74, 6) is 2.18. The molecule has 0 heteroatoms. The van der Waals surface area contributed by atoms with Crippen molar-refractivity contribution in [3.05, 3.63) is 12.2 Å². The molecule has 0 nitrogen and oxygen atoms in total. The van der Waals surface area contributed by atoms with Gasteiger partial charge in [-0.2, -0.15) is 0 Å². The third-order valence-electron chi connectivity index (χ3n) is 2.17. The average molecular weight is 94.2 g/mol. The Morgan fingerprint density at radius 1 is 1.29 bits per heavy atom. The molecule has 1 unspecified atom stereocenters. The molecule has 2 saturated carbocycles. The van der Waals surface area contributed by atoms with Crippen LogP contribution >= 0.6 is 0 Å². The van der Waals surface area contributed by atoms with Crippen LogP contribution in [0.15, 0.2) is 12.2 Å². The van der Waals surface area contributed by atoms with Gasteiger partial charge in [0.25, 0.3) is 0 Å². The summed E-state index contributed by atoms with van der Waals surface area (Å²) in [6.07, 6.45) is 4.22. The first-order chi connectivity index (χ1) is 3.36. The maximum atomic E-state index is 3.93. The topological polar surface area (TPSA) is 0 Å². The van der Waals surface area contributed by atoms with E-state index in [1.165, 1.54) is 24.8 Å². The fourth-order valence-electron chi connectivity index (χ4n) is 1.64. The minimum absolute atomic E-state index is 1.09. The number of fused-ring (bicyclic) bond motifs is 1. The van der Waals surface area contributed by atoms with Gasteiger partial charge in [-0.15, -0.1) is 0 Å². The SMILES string of the molecule is C=C1CC2C[C@H]2C1. The fraction of sp³-hybridized carbons (Fsp3) is 0.714. The van der Waals surface area contributed by atoms with E-state index in [1.807, 2.05) is 0 Å². The van der Waals surface area contributed by atoms with Crippen molar-refractivity contribution in [2.45, 2.75) is 19.3 Å². The zero-order valence-electron chi connectivity index (χ0n) is 4.48. The maximum Gasteiger partial charge on any atom is -0.0292 e. The zero-order valence-corrected chi connectivity index (χ0v) is 4.48. The van der Waals surface area contributed by atoms with Crippen molar-refractivity contribution in [3.8, 4) is 0 Å². The van der Waals surface area contributed by atoms with Crippen molar-refractivity contribution < 1.29 is 0 Å². The monoisotopic (exact) mass is 94.1 g/mol. The summed E-state index contributed by atoms with van der Waals surface area (Å²) >= 11 is 0. The Labute approximate surface area is 44.2 Å². The molecule has 2 aliphatic carbocycles. The molecule has 0 aliphatic heterocycles. The summed E-state index contributed by atoms with van der Waals surface area (Å²) in [6, 6.07) is 0.